The average Bonchev–Trinajstić information content (AvgIpc) is 2.40. The largest absolute Gasteiger partial charge is 0.395 e. The van der Waals surface area contributed by atoms with Crippen LogP contribution in [0.2, 0.25) is 0 Å². The van der Waals surface area contributed by atoms with Crippen molar-refractivity contribution in [2.75, 3.05) is 59.1 Å². The molecule has 18 heavy (non-hydrogen) atoms. The number of ether oxygens (including phenoxy) is 1. The van der Waals surface area contributed by atoms with Gasteiger partial charge >= 0.3 is 0 Å². The van der Waals surface area contributed by atoms with Crippen LogP contribution in [0.5, 0.6) is 0 Å². The van der Waals surface area contributed by atoms with Crippen molar-refractivity contribution in [1.82, 2.24) is 15.1 Å². The summed E-state index contributed by atoms with van der Waals surface area (Å²) in [6, 6.07) is -0.173. The second kappa shape index (κ2) is 7.91. The number of carbonyl (C=O) groups excluding carboxylic acids is 1. The predicted molar refractivity (Wildman–Crippen MR) is 70.0 cm³/mol. The highest BCUT2D eigenvalue weighted by molar-refractivity contribution is 5.85. The van der Waals surface area contributed by atoms with E-state index in [9.17, 15) is 4.79 Å². The van der Waals surface area contributed by atoms with Crippen LogP contribution >= 0.6 is 12.4 Å². The first-order valence-corrected chi connectivity index (χ1v) is 6.24. The summed E-state index contributed by atoms with van der Waals surface area (Å²) in [5, 5.41) is 12.0. The molecule has 1 amide bonds. The van der Waals surface area contributed by atoms with E-state index in [0.717, 1.165) is 32.7 Å². The fourth-order valence-corrected chi connectivity index (χ4v) is 2.28. The standard InChI is InChI=1S/C11H21N3O3.ClH/c15-7-6-13-2-4-14(5-3-13)11(16)10-9-17-8-1-12-10;/h10,12,15H,1-9H2;1H. The number of nitrogens with one attached hydrogen (secondary N) is 1. The number of hydrogen-bond donors (Lipinski definition) is 2. The molecule has 2 saturated heterocycles. The number of aliphatic hydroxyl groups is 1. The minimum Gasteiger partial charge on any atom is -0.395 e. The van der Waals surface area contributed by atoms with Gasteiger partial charge in [-0.1, -0.05) is 0 Å². The molecule has 0 aromatic heterocycles. The molecule has 0 aromatic carbocycles. The minimum atomic E-state index is -0.173. The normalized spacial score (nSPS) is 25.6. The zero-order valence-electron chi connectivity index (χ0n) is 10.5. The number of nitrogens with zero attached hydrogens (tertiary/aromatic N) is 2. The van der Waals surface area contributed by atoms with Gasteiger partial charge in [-0.25, -0.2) is 0 Å². The SMILES string of the molecule is Cl.O=C(C1COCCN1)N1CCN(CCO)CC1. The van der Waals surface area contributed by atoms with Crippen molar-refractivity contribution < 1.29 is 14.6 Å². The minimum absolute atomic E-state index is 0. The number of halogens is 1. The molecule has 0 bridgehead atoms. The van der Waals surface area contributed by atoms with Gasteiger partial charge in [0.1, 0.15) is 6.04 Å². The third-order valence-corrected chi connectivity index (χ3v) is 3.32. The Labute approximate surface area is 114 Å². The molecule has 1 atom stereocenters. The van der Waals surface area contributed by atoms with Gasteiger partial charge in [0.15, 0.2) is 0 Å². The van der Waals surface area contributed by atoms with Gasteiger partial charge < -0.3 is 20.1 Å². The summed E-state index contributed by atoms with van der Waals surface area (Å²) in [4.78, 5) is 16.2. The molecule has 106 valence electrons. The Morgan fingerprint density at radius 2 is 2.06 bits per heavy atom. The number of aliphatic hydroxyl groups excluding tert-OH is 1. The number of β-amino-alcohol motifs (C(OH)–C–C–N with tert-alkyl or cyclic N) is 1. The van der Waals surface area contributed by atoms with Crippen molar-refractivity contribution in [2.24, 2.45) is 0 Å². The van der Waals surface area contributed by atoms with Gasteiger partial charge in [0.25, 0.3) is 0 Å². The van der Waals surface area contributed by atoms with Crippen LogP contribution in [0.1, 0.15) is 0 Å². The van der Waals surface area contributed by atoms with Gasteiger partial charge in [0, 0.05) is 39.3 Å². The predicted octanol–water partition coefficient (Wildman–Crippen LogP) is -1.47. The van der Waals surface area contributed by atoms with Crippen LogP contribution in [-0.2, 0) is 9.53 Å². The molecule has 7 heteroatoms. The van der Waals surface area contributed by atoms with E-state index in [2.05, 4.69) is 10.2 Å². The topological polar surface area (TPSA) is 65.0 Å². The number of morpholine rings is 1. The number of amides is 1. The maximum Gasteiger partial charge on any atom is 0.242 e. The maximum absolute atomic E-state index is 12.1. The monoisotopic (exact) mass is 279 g/mol. The van der Waals surface area contributed by atoms with Crippen molar-refractivity contribution in [2.45, 2.75) is 6.04 Å². The summed E-state index contributed by atoms with van der Waals surface area (Å²) >= 11 is 0. The van der Waals surface area contributed by atoms with Crippen LogP contribution in [0.3, 0.4) is 0 Å². The molecule has 2 aliphatic rings. The van der Waals surface area contributed by atoms with Gasteiger partial charge in [-0.05, 0) is 0 Å². The Kier molecular flexibility index (Phi) is 6.88. The third kappa shape index (κ3) is 4.07. The molecule has 2 fully saturated rings. The van der Waals surface area contributed by atoms with Crippen LogP contribution in [0.4, 0.5) is 0 Å². The van der Waals surface area contributed by atoms with Gasteiger partial charge in [-0.15, -0.1) is 12.4 Å². The highest BCUT2D eigenvalue weighted by Gasteiger charge is 2.28. The zero-order valence-corrected chi connectivity index (χ0v) is 11.3. The van der Waals surface area contributed by atoms with Gasteiger partial charge in [-0.2, -0.15) is 0 Å². The highest BCUT2D eigenvalue weighted by Crippen LogP contribution is 2.05. The molecule has 0 aliphatic carbocycles. The third-order valence-electron chi connectivity index (χ3n) is 3.32. The molecular weight excluding hydrogens is 258 g/mol. The first kappa shape index (κ1) is 15.7. The molecule has 0 saturated carbocycles. The van der Waals surface area contributed by atoms with Crippen LogP contribution in [0, 0.1) is 0 Å². The number of rotatable bonds is 3. The molecule has 2 rings (SSSR count). The fraction of sp³-hybridized carbons (Fsp3) is 0.909. The Bertz CT molecular complexity index is 254. The Morgan fingerprint density at radius 3 is 2.61 bits per heavy atom. The second-order valence-corrected chi connectivity index (χ2v) is 4.47. The smallest absolute Gasteiger partial charge is 0.242 e. The molecule has 1 unspecified atom stereocenters. The van der Waals surface area contributed by atoms with E-state index in [1.54, 1.807) is 0 Å². The fourth-order valence-electron chi connectivity index (χ4n) is 2.28. The van der Waals surface area contributed by atoms with Crippen LogP contribution in [-0.4, -0.2) is 85.9 Å². The van der Waals surface area contributed by atoms with Crippen molar-refractivity contribution in [3.63, 3.8) is 0 Å². The van der Waals surface area contributed by atoms with Crippen LogP contribution in [0.25, 0.3) is 0 Å². The first-order chi connectivity index (χ1) is 8.31. The van der Waals surface area contributed by atoms with Crippen molar-refractivity contribution in [3.8, 4) is 0 Å². The van der Waals surface area contributed by atoms with Gasteiger partial charge in [0.05, 0.1) is 19.8 Å². The molecule has 0 spiro atoms. The summed E-state index contributed by atoms with van der Waals surface area (Å²) in [6.45, 7) is 6.00. The quantitative estimate of drug-likeness (QED) is 0.661. The van der Waals surface area contributed by atoms with Crippen LogP contribution < -0.4 is 5.32 Å². The summed E-state index contributed by atoms with van der Waals surface area (Å²) < 4.78 is 5.30. The lowest BCUT2D eigenvalue weighted by Gasteiger charge is -2.37. The molecule has 2 aliphatic heterocycles. The molecular formula is C11H22ClN3O3. The van der Waals surface area contributed by atoms with E-state index in [1.807, 2.05) is 4.90 Å². The molecule has 2 N–H and O–H groups in total. The number of carbonyl (C=O) groups is 1. The summed E-state index contributed by atoms with van der Waals surface area (Å²) in [6.07, 6.45) is 0. The van der Waals surface area contributed by atoms with E-state index >= 15 is 0 Å². The van der Waals surface area contributed by atoms with E-state index in [4.69, 9.17) is 9.84 Å². The van der Waals surface area contributed by atoms with E-state index in [0.29, 0.717) is 19.8 Å². The zero-order chi connectivity index (χ0) is 12.1. The lowest BCUT2D eigenvalue weighted by atomic mass is 10.2. The van der Waals surface area contributed by atoms with E-state index < -0.39 is 0 Å². The van der Waals surface area contributed by atoms with Gasteiger partial charge in [-0.3, -0.25) is 9.69 Å². The number of hydrogen-bond acceptors (Lipinski definition) is 5. The molecule has 0 aromatic rings. The lowest BCUT2D eigenvalue weighted by molar-refractivity contribution is -0.138. The van der Waals surface area contributed by atoms with Crippen LogP contribution in [0.15, 0.2) is 0 Å². The maximum atomic E-state index is 12.1. The summed E-state index contributed by atoms with van der Waals surface area (Å²) in [5.41, 5.74) is 0. The summed E-state index contributed by atoms with van der Waals surface area (Å²) in [5.74, 6) is 0.147. The molecule has 6 nitrogen and oxygen atoms in total. The summed E-state index contributed by atoms with van der Waals surface area (Å²) in [7, 11) is 0. The average molecular weight is 280 g/mol. The highest BCUT2D eigenvalue weighted by atomic mass is 35.5. The molecule has 0 radical (unpaired) electrons. The second-order valence-electron chi connectivity index (χ2n) is 4.47. The Morgan fingerprint density at radius 1 is 1.33 bits per heavy atom. The van der Waals surface area contributed by atoms with Gasteiger partial charge in [0.2, 0.25) is 5.91 Å². The first-order valence-electron chi connectivity index (χ1n) is 6.24. The van der Waals surface area contributed by atoms with Crippen molar-refractivity contribution in [1.29, 1.82) is 0 Å². The number of piperazine rings is 1. The van der Waals surface area contributed by atoms with E-state index in [-0.39, 0.29) is 31.0 Å². The molecule has 2 heterocycles. The van der Waals surface area contributed by atoms with Crippen molar-refractivity contribution in [3.05, 3.63) is 0 Å². The lowest BCUT2D eigenvalue weighted by Crippen LogP contribution is -2.57. The van der Waals surface area contributed by atoms with Crippen molar-refractivity contribution >= 4 is 18.3 Å². The Balaban J connectivity index is 0.00000162. The Hall–Kier alpha value is -0.400. The van der Waals surface area contributed by atoms with E-state index in [1.165, 1.54) is 0 Å².